The third-order valence-electron chi connectivity index (χ3n) is 3.22. The van der Waals surface area contributed by atoms with Crippen molar-refractivity contribution >= 4 is 39.1 Å². The maximum atomic E-state index is 12.4. The Kier molecular flexibility index (Phi) is 3.82. The second-order valence-electron chi connectivity index (χ2n) is 4.59. The number of ketones is 1. The van der Waals surface area contributed by atoms with Gasteiger partial charge in [0.15, 0.2) is 5.16 Å². The first kappa shape index (κ1) is 14.3. The third-order valence-corrected chi connectivity index (χ3v) is 5.59. The topological polar surface area (TPSA) is 52.0 Å². The first-order chi connectivity index (χ1) is 8.82. The molecule has 0 aromatic carbocycles. The highest BCUT2D eigenvalue weighted by Crippen LogP contribution is 2.29. The standard InChI is InChI=1S/C13H16N2O2S2/c1-6-8(3)18-11-10(6)12(17)15(5)13(14-11)19-9(4)7(2)16/h9H,1-5H3. The number of hydrogen-bond donors (Lipinski definition) is 0. The van der Waals surface area contributed by atoms with E-state index in [0.29, 0.717) is 10.5 Å². The van der Waals surface area contributed by atoms with E-state index in [0.717, 1.165) is 15.3 Å². The summed E-state index contributed by atoms with van der Waals surface area (Å²) < 4.78 is 1.53. The highest BCUT2D eigenvalue weighted by Gasteiger charge is 2.17. The molecule has 0 saturated heterocycles. The zero-order chi connectivity index (χ0) is 14.3. The van der Waals surface area contributed by atoms with E-state index in [-0.39, 0.29) is 16.6 Å². The first-order valence-corrected chi connectivity index (χ1v) is 7.66. The summed E-state index contributed by atoms with van der Waals surface area (Å²) in [6, 6.07) is 0. The lowest BCUT2D eigenvalue weighted by atomic mass is 10.2. The summed E-state index contributed by atoms with van der Waals surface area (Å²) >= 11 is 2.86. The number of Topliss-reactive ketones (excluding diaryl/α,β-unsaturated/α-hetero) is 1. The zero-order valence-electron chi connectivity index (χ0n) is 11.6. The Hall–Kier alpha value is -1.14. The van der Waals surface area contributed by atoms with E-state index in [1.54, 1.807) is 14.0 Å². The lowest BCUT2D eigenvalue weighted by molar-refractivity contribution is -0.116. The number of thioether (sulfide) groups is 1. The fourth-order valence-electron chi connectivity index (χ4n) is 1.70. The molecule has 2 aromatic rings. The van der Waals surface area contributed by atoms with Crippen LogP contribution >= 0.6 is 23.1 Å². The van der Waals surface area contributed by atoms with E-state index in [2.05, 4.69) is 4.98 Å². The van der Waals surface area contributed by atoms with Gasteiger partial charge < -0.3 is 0 Å². The van der Waals surface area contributed by atoms with Gasteiger partial charge in [-0.2, -0.15) is 0 Å². The Morgan fingerprint density at radius 3 is 2.63 bits per heavy atom. The Morgan fingerprint density at radius 2 is 2.05 bits per heavy atom. The summed E-state index contributed by atoms with van der Waals surface area (Å²) in [4.78, 5) is 30.1. The molecule has 6 heteroatoms. The van der Waals surface area contributed by atoms with Crippen LogP contribution in [0.5, 0.6) is 0 Å². The number of fused-ring (bicyclic) bond motifs is 1. The average Bonchev–Trinajstić information content (AvgIpc) is 2.61. The van der Waals surface area contributed by atoms with Crippen molar-refractivity contribution in [3.8, 4) is 0 Å². The lowest BCUT2D eigenvalue weighted by Crippen LogP contribution is -2.21. The fraction of sp³-hybridized carbons (Fsp3) is 0.462. The number of aryl methyl sites for hydroxylation is 2. The maximum absolute atomic E-state index is 12.4. The van der Waals surface area contributed by atoms with Crippen molar-refractivity contribution in [1.29, 1.82) is 0 Å². The van der Waals surface area contributed by atoms with Crippen molar-refractivity contribution in [1.82, 2.24) is 9.55 Å². The van der Waals surface area contributed by atoms with E-state index < -0.39 is 0 Å². The van der Waals surface area contributed by atoms with Crippen molar-refractivity contribution in [2.45, 2.75) is 38.1 Å². The molecular weight excluding hydrogens is 280 g/mol. The molecule has 0 aliphatic heterocycles. The summed E-state index contributed by atoms with van der Waals surface area (Å²) in [5.74, 6) is 0.0814. The van der Waals surface area contributed by atoms with Gasteiger partial charge in [0.05, 0.1) is 10.6 Å². The van der Waals surface area contributed by atoms with E-state index in [9.17, 15) is 9.59 Å². The molecule has 0 saturated carbocycles. The molecule has 0 N–H and O–H groups in total. The Labute approximate surface area is 119 Å². The monoisotopic (exact) mass is 296 g/mol. The molecular formula is C13H16N2O2S2. The normalized spacial score (nSPS) is 12.9. The van der Waals surface area contributed by atoms with Crippen molar-refractivity contribution in [3.05, 3.63) is 20.8 Å². The number of aromatic nitrogens is 2. The molecule has 2 heterocycles. The van der Waals surface area contributed by atoms with Gasteiger partial charge in [0, 0.05) is 11.9 Å². The maximum Gasteiger partial charge on any atom is 0.262 e. The van der Waals surface area contributed by atoms with Gasteiger partial charge in [0.1, 0.15) is 10.6 Å². The number of rotatable bonds is 3. The number of carbonyl (C=O) groups is 1. The van der Waals surface area contributed by atoms with Gasteiger partial charge in [0.25, 0.3) is 5.56 Å². The summed E-state index contributed by atoms with van der Waals surface area (Å²) in [7, 11) is 1.70. The van der Waals surface area contributed by atoms with Crippen LogP contribution in [-0.2, 0) is 11.8 Å². The zero-order valence-corrected chi connectivity index (χ0v) is 13.2. The molecule has 0 fully saturated rings. The van der Waals surface area contributed by atoms with Crippen LogP contribution in [0.1, 0.15) is 24.3 Å². The van der Waals surface area contributed by atoms with E-state index >= 15 is 0 Å². The van der Waals surface area contributed by atoms with E-state index in [1.165, 1.54) is 27.7 Å². The highest BCUT2D eigenvalue weighted by atomic mass is 32.2. The molecule has 2 rings (SSSR count). The Balaban J connectivity index is 2.62. The second-order valence-corrected chi connectivity index (χ2v) is 7.10. The Bertz CT molecular complexity index is 715. The fourth-order valence-corrected chi connectivity index (χ4v) is 3.65. The predicted octanol–water partition coefficient (Wildman–Crippen LogP) is 2.68. The number of carbonyl (C=O) groups excluding carboxylic acids is 1. The van der Waals surface area contributed by atoms with Gasteiger partial charge >= 0.3 is 0 Å². The minimum absolute atomic E-state index is 0.0369. The van der Waals surface area contributed by atoms with Gasteiger partial charge in [-0.15, -0.1) is 11.3 Å². The summed E-state index contributed by atoms with van der Waals surface area (Å²) in [5.41, 5.74) is 0.967. The molecule has 102 valence electrons. The molecule has 1 atom stereocenters. The van der Waals surface area contributed by atoms with E-state index in [4.69, 9.17) is 0 Å². The molecule has 0 bridgehead atoms. The SMILES string of the molecule is CC(=O)C(C)Sc1nc2sc(C)c(C)c2c(=O)n1C. The summed E-state index contributed by atoms with van der Waals surface area (Å²) in [6.45, 7) is 7.32. The third kappa shape index (κ3) is 2.47. The summed E-state index contributed by atoms with van der Waals surface area (Å²) in [5, 5.41) is 1.10. The van der Waals surface area contributed by atoms with Crippen LogP contribution in [0.15, 0.2) is 9.95 Å². The molecule has 0 amide bonds. The molecule has 0 spiro atoms. The van der Waals surface area contributed by atoms with Gasteiger partial charge in [-0.3, -0.25) is 14.2 Å². The minimum Gasteiger partial charge on any atom is -0.299 e. The molecule has 1 unspecified atom stereocenters. The molecule has 2 aromatic heterocycles. The van der Waals surface area contributed by atoms with Crippen molar-refractivity contribution in [2.24, 2.45) is 7.05 Å². The molecule has 19 heavy (non-hydrogen) atoms. The van der Waals surface area contributed by atoms with Crippen molar-refractivity contribution < 1.29 is 4.79 Å². The van der Waals surface area contributed by atoms with Gasteiger partial charge in [-0.1, -0.05) is 11.8 Å². The van der Waals surface area contributed by atoms with Gasteiger partial charge in [-0.05, 0) is 33.3 Å². The first-order valence-electron chi connectivity index (χ1n) is 5.96. The molecule has 0 radical (unpaired) electrons. The van der Waals surface area contributed by atoms with Crippen LogP contribution in [0.3, 0.4) is 0 Å². The lowest BCUT2D eigenvalue weighted by Gasteiger charge is -2.10. The van der Waals surface area contributed by atoms with Crippen molar-refractivity contribution in [2.75, 3.05) is 0 Å². The minimum atomic E-state index is -0.197. The van der Waals surface area contributed by atoms with Crippen LogP contribution in [0.25, 0.3) is 10.2 Å². The quantitative estimate of drug-likeness (QED) is 0.645. The smallest absolute Gasteiger partial charge is 0.262 e. The number of hydrogen-bond acceptors (Lipinski definition) is 5. The predicted molar refractivity (Wildman–Crippen MR) is 80.3 cm³/mol. The number of thiophene rings is 1. The average molecular weight is 296 g/mol. The highest BCUT2D eigenvalue weighted by molar-refractivity contribution is 8.00. The van der Waals surface area contributed by atoms with Crippen molar-refractivity contribution in [3.63, 3.8) is 0 Å². The van der Waals surface area contributed by atoms with Crippen LogP contribution in [0.4, 0.5) is 0 Å². The van der Waals surface area contributed by atoms with Crippen LogP contribution in [0, 0.1) is 13.8 Å². The van der Waals surface area contributed by atoms with Crippen LogP contribution in [0.2, 0.25) is 0 Å². The van der Waals surface area contributed by atoms with Gasteiger partial charge in [0.2, 0.25) is 0 Å². The number of nitrogens with zero attached hydrogens (tertiary/aromatic N) is 2. The van der Waals surface area contributed by atoms with Crippen LogP contribution in [-0.4, -0.2) is 20.6 Å². The molecule has 0 aliphatic carbocycles. The largest absolute Gasteiger partial charge is 0.299 e. The van der Waals surface area contributed by atoms with Gasteiger partial charge in [-0.25, -0.2) is 4.98 Å². The van der Waals surface area contributed by atoms with E-state index in [1.807, 2.05) is 20.8 Å². The Morgan fingerprint density at radius 1 is 1.42 bits per heavy atom. The molecule has 4 nitrogen and oxygen atoms in total. The molecule has 0 aliphatic rings. The van der Waals surface area contributed by atoms with Crippen LogP contribution < -0.4 is 5.56 Å². The summed E-state index contributed by atoms with van der Waals surface area (Å²) in [6.07, 6.45) is 0. The second kappa shape index (κ2) is 5.09.